The maximum absolute atomic E-state index is 11.8. The third-order valence-corrected chi connectivity index (χ3v) is 2.69. The van der Waals surface area contributed by atoms with E-state index in [1.54, 1.807) is 6.20 Å². The fourth-order valence-electron chi connectivity index (χ4n) is 1.30. The number of halogens is 1. The van der Waals surface area contributed by atoms with Crippen molar-refractivity contribution in [3.63, 3.8) is 0 Å². The van der Waals surface area contributed by atoms with E-state index in [1.165, 1.54) is 0 Å². The number of nitrogens with zero attached hydrogens (tertiary/aromatic N) is 1. The van der Waals surface area contributed by atoms with E-state index < -0.39 is 0 Å². The van der Waals surface area contributed by atoms with E-state index in [0.29, 0.717) is 5.69 Å². The molecule has 0 aliphatic heterocycles. The van der Waals surface area contributed by atoms with Gasteiger partial charge < -0.3 is 5.32 Å². The molecule has 1 aromatic carbocycles. The smallest absolute Gasteiger partial charge is 0.273 e. The van der Waals surface area contributed by atoms with Crippen molar-refractivity contribution in [3.8, 4) is 0 Å². The van der Waals surface area contributed by atoms with Crippen LogP contribution in [0.25, 0.3) is 0 Å². The van der Waals surface area contributed by atoms with Gasteiger partial charge in [-0.15, -0.1) is 0 Å². The van der Waals surface area contributed by atoms with E-state index in [2.05, 4.69) is 31.4 Å². The Balaban J connectivity index is 2.14. The Kier molecular flexibility index (Phi) is 3.05. The van der Waals surface area contributed by atoms with E-state index >= 15 is 0 Å². The molecule has 1 aromatic heterocycles. The highest BCUT2D eigenvalue weighted by Gasteiger charge is 2.10. The summed E-state index contributed by atoms with van der Waals surface area (Å²) in [7, 11) is 0. The summed E-state index contributed by atoms with van der Waals surface area (Å²) in [4.78, 5) is 11.8. The molecule has 0 saturated carbocycles. The summed E-state index contributed by atoms with van der Waals surface area (Å²) in [5.74, 6) is -0.183. The summed E-state index contributed by atoms with van der Waals surface area (Å²) >= 11 is 3.33. The van der Waals surface area contributed by atoms with Gasteiger partial charge in [-0.3, -0.25) is 9.89 Å². The first-order chi connectivity index (χ1) is 7.66. The number of amides is 1. The fourth-order valence-corrected chi connectivity index (χ4v) is 1.57. The van der Waals surface area contributed by atoms with Crippen LogP contribution in [0.4, 0.5) is 5.69 Å². The number of aromatic nitrogens is 2. The Morgan fingerprint density at radius 3 is 2.62 bits per heavy atom. The zero-order valence-electron chi connectivity index (χ0n) is 8.62. The minimum absolute atomic E-state index is 0.183. The zero-order valence-corrected chi connectivity index (χ0v) is 10.2. The molecule has 1 heterocycles. The first-order valence-corrected chi connectivity index (χ1v) is 5.53. The molecule has 82 valence electrons. The van der Waals surface area contributed by atoms with Crippen LogP contribution in [0.2, 0.25) is 0 Å². The topological polar surface area (TPSA) is 57.8 Å². The van der Waals surface area contributed by atoms with Crippen molar-refractivity contribution < 1.29 is 4.79 Å². The van der Waals surface area contributed by atoms with Crippen LogP contribution < -0.4 is 5.32 Å². The SMILES string of the molecule is Cc1cn[nH]c1C(=O)Nc1ccc(Br)cc1. The van der Waals surface area contributed by atoms with Crippen molar-refractivity contribution >= 4 is 27.5 Å². The standard InChI is InChI=1S/C11H10BrN3O/c1-7-6-13-15-10(7)11(16)14-9-4-2-8(12)3-5-9/h2-6H,1H3,(H,13,15)(H,14,16). The van der Waals surface area contributed by atoms with E-state index in [0.717, 1.165) is 15.7 Å². The normalized spacial score (nSPS) is 10.1. The summed E-state index contributed by atoms with van der Waals surface area (Å²) in [6, 6.07) is 7.40. The lowest BCUT2D eigenvalue weighted by molar-refractivity contribution is 0.102. The predicted octanol–water partition coefficient (Wildman–Crippen LogP) is 2.73. The molecule has 0 aliphatic rings. The Morgan fingerprint density at radius 2 is 2.06 bits per heavy atom. The highest BCUT2D eigenvalue weighted by molar-refractivity contribution is 9.10. The van der Waals surface area contributed by atoms with Gasteiger partial charge in [0.05, 0.1) is 6.20 Å². The van der Waals surface area contributed by atoms with Gasteiger partial charge in [-0.1, -0.05) is 15.9 Å². The average Bonchev–Trinajstić information content (AvgIpc) is 2.68. The lowest BCUT2D eigenvalue weighted by atomic mass is 10.2. The maximum atomic E-state index is 11.8. The number of aromatic amines is 1. The average molecular weight is 280 g/mol. The van der Waals surface area contributed by atoms with Gasteiger partial charge in [0, 0.05) is 10.2 Å². The number of H-pyrrole nitrogens is 1. The summed E-state index contributed by atoms with van der Waals surface area (Å²) in [6.07, 6.45) is 1.62. The molecule has 0 bridgehead atoms. The molecule has 1 amide bonds. The van der Waals surface area contributed by atoms with Gasteiger partial charge in [0.15, 0.2) is 0 Å². The van der Waals surface area contributed by atoms with Crippen molar-refractivity contribution in [2.24, 2.45) is 0 Å². The number of rotatable bonds is 2. The van der Waals surface area contributed by atoms with Gasteiger partial charge in [-0.05, 0) is 36.8 Å². The minimum atomic E-state index is -0.183. The first-order valence-electron chi connectivity index (χ1n) is 4.73. The van der Waals surface area contributed by atoms with Gasteiger partial charge in [0.1, 0.15) is 5.69 Å². The predicted molar refractivity (Wildman–Crippen MR) is 65.4 cm³/mol. The quantitative estimate of drug-likeness (QED) is 0.888. The summed E-state index contributed by atoms with van der Waals surface area (Å²) in [5, 5.41) is 9.25. The molecular formula is C11H10BrN3O. The van der Waals surface area contributed by atoms with Crippen LogP contribution in [0.1, 0.15) is 16.1 Å². The van der Waals surface area contributed by atoms with Crippen LogP contribution in [0.5, 0.6) is 0 Å². The number of aryl methyl sites for hydroxylation is 1. The second-order valence-corrected chi connectivity index (χ2v) is 4.30. The molecule has 0 fully saturated rings. The molecule has 4 nitrogen and oxygen atoms in total. The van der Waals surface area contributed by atoms with Gasteiger partial charge >= 0.3 is 0 Å². The number of carbonyl (C=O) groups is 1. The Morgan fingerprint density at radius 1 is 1.38 bits per heavy atom. The second-order valence-electron chi connectivity index (χ2n) is 3.39. The van der Waals surface area contributed by atoms with E-state index in [1.807, 2.05) is 31.2 Å². The zero-order chi connectivity index (χ0) is 11.5. The van der Waals surface area contributed by atoms with Crippen LogP contribution in [0.3, 0.4) is 0 Å². The second kappa shape index (κ2) is 4.49. The molecule has 0 radical (unpaired) electrons. The van der Waals surface area contributed by atoms with Crippen LogP contribution in [0.15, 0.2) is 34.9 Å². The molecule has 0 atom stereocenters. The lowest BCUT2D eigenvalue weighted by Gasteiger charge is -2.04. The van der Waals surface area contributed by atoms with E-state index in [4.69, 9.17) is 0 Å². The number of benzene rings is 1. The van der Waals surface area contributed by atoms with Crippen molar-refractivity contribution in [2.45, 2.75) is 6.92 Å². The van der Waals surface area contributed by atoms with Crippen LogP contribution in [-0.2, 0) is 0 Å². The molecule has 2 N–H and O–H groups in total. The van der Waals surface area contributed by atoms with E-state index in [9.17, 15) is 4.79 Å². The highest BCUT2D eigenvalue weighted by atomic mass is 79.9. The number of nitrogens with one attached hydrogen (secondary N) is 2. The Hall–Kier alpha value is -1.62. The molecule has 16 heavy (non-hydrogen) atoms. The van der Waals surface area contributed by atoms with Crippen LogP contribution in [-0.4, -0.2) is 16.1 Å². The number of carbonyl (C=O) groups excluding carboxylic acids is 1. The van der Waals surface area contributed by atoms with Gasteiger partial charge in [-0.2, -0.15) is 5.10 Å². The van der Waals surface area contributed by atoms with Gasteiger partial charge in [-0.25, -0.2) is 0 Å². The Labute approximate surface area is 101 Å². The first kappa shape index (κ1) is 10.9. The third-order valence-electron chi connectivity index (χ3n) is 2.16. The molecule has 0 spiro atoms. The van der Waals surface area contributed by atoms with Gasteiger partial charge in [0.2, 0.25) is 0 Å². The molecule has 0 saturated heterocycles. The maximum Gasteiger partial charge on any atom is 0.273 e. The number of anilines is 1. The summed E-state index contributed by atoms with van der Waals surface area (Å²) in [6.45, 7) is 1.83. The monoisotopic (exact) mass is 279 g/mol. The van der Waals surface area contributed by atoms with Crippen molar-refractivity contribution in [2.75, 3.05) is 5.32 Å². The lowest BCUT2D eigenvalue weighted by Crippen LogP contribution is -2.13. The van der Waals surface area contributed by atoms with Crippen molar-refractivity contribution in [1.82, 2.24) is 10.2 Å². The van der Waals surface area contributed by atoms with E-state index in [-0.39, 0.29) is 5.91 Å². The largest absolute Gasteiger partial charge is 0.321 e. The highest BCUT2D eigenvalue weighted by Crippen LogP contribution is 2.15. The van der Waals surface area contributed by atoms with Crippen LogP contribution >= 0.6 is 15.9 Å². The fraction of sp³-hybridized carbons (Fsp3) is 0.0909. The van der Waals surface area contributed by atoms with Crippen LogP contribution in [0, 0.1) is 6.92 Å². The molecule has 2 rings (SSSR count). The summed E-state index contributed by atoms with van der Waals surface area (Å²) < 4.78 is 0.975. The molecule has 2 aromatic rings. The van der Waals surface area contributed by atoms with Crippen molar-refractivity contribution in [3.05, 3.63) is 46.2 Å². The van der Waals surface area contributed by atoms with Gasteiger partial charge in [0.25, 0.3) is 5.91 Å². The number of hydrogen-bond acceptors (Lipinski definition) is 2. The third kappa shape index (κ3) is 2.30. The Bertz CT molecular complexity index is 504. The summed E-state index contributed by atoms with van der Waals surface area (Å²) in [5.41, 5.74) is 2.07. The molecule has 0 aliphatic carbocycles. The molecular weight excluding hydrogens is 270 g/mol. The van der Waals surface area contributed by atoms with Crippen molar-refractivity contribution in [1.29, 1.82) is 0 Å². The minimum Gasteiger partial charge on any atom is -0.321 e. The number of hydrogen-bond donors (Lipinski definition) is 2. The molecule has 0 unspecified atom stereocenters. The molecule has 5 heteroatoms.